The van der Waals surface area contributed by atoms with Gasteiger partial charge in [-0.3, -0.25) is 14.5 Å². The Hall–Kier alpha value is -2.48. The quantitative estimate of drug-likeness (QED) is 0.831. The van der Waals surface area contributed by atoms with Gasteiger partial charge in [-0.05, 0) is 32.4 Å². The zero-order valence-electron chi connectivity index (χ0n) is 15.3. The van der Waals surface area contributed by atoms with Gasteiger partial charge in [-0.15, -0.1) is 0 Å². The maximum Gasteiger partial charge on any atom is 0.273 e. The average Bonchev–Trinajstić information content (AvgIpc) is 3.07. The summed E-state index contributed by atoms with van der Waals surface area (Å²) in [5, 5.41) is 7.23. The van der Waals surface area contributed by atoms with Crippen LogP contribution in [0.1, 0.15) is 41.3 Å². The molecule has 140 valence electrons. The second-order valence-electron chi connectivity index (χ2n) is 6.68. The summed E-state index contributed by atoms with van der Waals surface area (Å²) in [6, 6.07) is 3.53. The van der Waals surface area contributed by atoms with Crippen LogP contribution in [0.25, 0.3) is 0 Å². The molecule has 1 N–H and O–H groups in total. The number of carbonyl (C=O) groups excluding carboxylic acids is 1. The zero-order chi connectivity index (χ0) is 18.5. The second kappa shape index (κ2) is 8.27. The van der Waals surface area contributed by atoms with E-state index in [-0.39, 0.29) is 17.5 Å². The molecular weight excluding hydrogens is 334 g/mol. The molecule has 1 aliphatic rings. The Morgan fingerprint density at radius 2 is 2.15 bits per heavy atom. The van der Waals surface area contributed by atoms with E-state index in [0.717, 1.165) is 38.0 Å². The topological polar surface area (TPSA) is 93.3 Å². The number of likely N-dealkylation sites (tertiary alicyclic amines) is 1. The highest BCUT2D eigenvalue weighted by Crippen LogP contribution is 2.16. The minimum atomic E-state index is -0.219. The van der Waals surface area contributed by atoms with Crippen LogP contribution in [-0.4, -0.2) is 51.2 Å². The number of nitrogens with zero attached hydrogens (tertiary/aromatic N) is 4. The molecule has 1 aliphatic heterocycles. The van der Waals surface area contributed by atoms with Crippen molar-refractivity contribution in [2.75, 3.05) is 19.6 Å². The number of aryl methyl sites for hydroxylation is 2. The van der Waals surface area contributed by atoms with E-state index in [1.807, 2.05) is 6.92 Å². The number of aromatic nitrogens is 3. The lowest BCUT2D eigenvalue weighted by Gasteiger charge is -2.35. The summed E-state index contributed by atoms with van der Waals surface area (Å²) in [5.41, 5.74) is 1.05. The molecule has 8 heteroatoms. The van der Waals surface area contributed by atoms with Crippen LogP contribution >= 0.6 is 0 Å². The van der Waals surface area contributed by atoms with Gasteiger partial charge in [0.2, 0.25) is 0 Å². The summed E-state index contributed by atoms with van der Waals surface area (Å²) in [6.07, 6.45) is 4.67. The molecule has 1 fully saturated rings. The van der Waals surface area contributed by atoms with Crippen LogP contribution in [0.5, 0.6) is 0 Å². The molecule has 3 rings (SSSR count). The van der Waals surface area contributed by atoms with E-state index >= 15 is 0 Å². The van der Waals surface area contributed by atoms with Crippen LogP contribution in [0.3, 0.4) is 0 Å². The van der Waals surface area contributed by atoms with Crippen molar-refractivity contribution in [3.8, 4) is 0 Å². The van der Waals surface area contributed by atoms with E-state index in [1.165, 1.54) is 10.9 Å². The van der Waals surface area contributed by atoms with Crippen molar-refractivity contribution in [3.63, 3.8) is 0 Å². The SMILES string of the molecule is Cc1ccc(=O)n(CCN2CCCCC2CNC(=O)c2coc(C)n2)n1. The molecule has 0 spiro atoms. The van der Waals surface area contributed by atoms with Crippen molar-refractivity contribution in [2.45, 2.75) is 45.7 Å². The number of hydrogen-bond acceptors (Lipinski definition) is 6. The Morgan fingerprint density at radius 3 is 2.92 bits per heavy atom. The molecule has 8 nitrogen and oxygen atoms in total. The standard InChI is InChI=1S/C18H25N5O3/c1-13-6-7-17(24)23(21-13)10-9-22-8-4-3-5-15(22)11-19-18(25)16-12-26-14(2)20-16/h6-7,12,15H,3-5,8-11H2,1-2H3,(H,19,25). The van der Waals surface area contributed by atoms with Gasteiger partial charge in [-0.25, -0.2) is 9.67 Å². The second-order valence-corrected chi connectivity index (χ2v) is 6.68. The number of piperidine rings is 1. The smallest absolute Gasteiger partial charge is 0.273 e. The number of amides is 1. The number of rotatable bonds is 6. The first-order valence-corrected chi connectivity index (χ1v) is 9.02. The van der Waals surface area contributed by atoms with Gasteiger partial charge >= 0.3 is 0 Å². The monoisotopic (exact) mass is 359 g/mol. The summed E-state index contributed by atoms with van der Waals surface area (Å²) in [6.45, 7) is 6.39. The number of nitrogens with one attached hydrogen (secondary N) is 1. The third-order valence-corrected chi connectivity index (χ3v) is 4.70. The van der Waals surface area contributed by atoms with E-state index < -0.39 is 0 Å². The van der Waals surface area contributed by atoms with E-state index in [4.69, 9.17) is 4.42 Å². The van der Waals surface area contributed by atoms with E-state index in [1.54, 1.807) is 19.1 Å². The summed E-state index contributed by atoms with van der Waals surface area (Å²) >= 11 is 0. The Bertz CT molecular complexity index is 813. The van der Waals surface area contributed by atoms with Gasteiger partial charge in [0.15, 0.2) is 11.6 Å². The van der Waals surface area contributed by atoms with Crippen molar-refractivity contribution in [2.24, 2.45) is 0 Å². The van der Waals surface area contributed by atoms with Gasteiger partial charge in [-0.1, -0.05) is 6.42 Å². The molecule has 1 atom stereocenters. The summed E-state index contributed by atoms with van der Waals surface area (Å²) in [7, 11) is 0. The largest absolute Gasteiger partial charge is 0.448 e. The van der Waals surface area contributed by atoms with Gasteiger partial charge < -0.3 is 9.73 Å². The fraction of sp³-hybridized carbons (Fsp3) is 0.556. The molecule has 2 aromatic heterocycles. The first-order valence-electron chi connectivity index (χ1n) is 9.02. The summed E-state index contributed by atoms with van der Waals surface area (Å²) in [4.78, 5) is 30.4. The molecule has 3 heterocycles. The predicted molar refractivity (Wildman–Crippen MR) is 96.0 cm³/mol. The number of oxazole rings is 1. The number of hydrogen-bond donors (Lipinski definition) is 1. The molecule has 1 unspecified atom stereocenters. The molecule has 0 saturated carbocycles. The van der Waals surface area contributed by atoms with Crippen molar-refractivity contribution in [1.29, 1.82) is 0 Å². The van der Waals surface area contributed by atoms with Crippen molar-refractivity contribution in [3.05, 3.63) is 46.0 Å². The van der Waals surface area contributed by atoms with Crippen molar-refractivity contribution < 1.29 is 9.21 Å². The molecule has 0 aromatic carbocycles. The Labute approximate surface area is 152 Å². The molecule has 0 bridgehead atoms. The highest BCUT2D eigenvalue weighted by molar-refractivity contribution is 5.91. The highest BCUT2D eigenvalue weighted by atomic mass is 16.3. The van der Waals surface area contributed by atoms with Crippen LogP contribution in [0.4, 0.5) is 0 Å². The van der Waals surface area contributed by atoms with Gasteiger partial charge in [0.05, 0.1) is 12.2 Å². The normalized spacial score (nSPS) is 18.0. The molecule has 1 amide bonds. The lowest BCUT2D eigenvalue weighted by atomic mass is 10.0. The number of carbonyl (C=O) groups is 1. The molecule has 0 aliphatic carbocycles. The van der Waals surface area contributed by atoms with Crippen LogP contribution in [0.15, 0.2) is 27.6 Å². The highest BCUT2D eigenvalue weighted by Gasteiger charge is 2.23. The zero-order valence-corrected chi connectivity index (χ0v) is 15.3. The maximum absolute atomic E-state index is 12.2. The van der Waals surface area contributed by atoms with Gasteiger partial charge in [0.25, 0.3) is 11.5 Å². The van der Waals surface area contributed by atoms with Gasteiger partial charge in [0, 0.05) is 32.1 Å². The van der Waals surface area contributed by atoms with Gasteiger partial charge in [-0.2, -0.15) is 5.10 Å². The Kier molecular flexibility index (Phi) is 5.82. The van der Waals surface area contributed by atoms with Crippen LogP contribution < -0.4 is 10.9 Å². The lowest BCUT2D eigenvalue weighted by Crippen LogP contribution is -2.48. The molecule has 2 aromatic rings. The molecular formula is C18H25N5O3. The van der Waals surface area contributed by atoms with Crippen LogP contribution in [-0.2, 0) is 6.54 Å². The molecule has 26 heavy (non-hydrogen) atoms. The van der Waals surface area contributed by atoms with E-state index in [9.17, 15) is 9.59 Å². The third kappa shape index (κ3) is 4.57. The lowest BCUT2D eigenvalue weighted by molar-refractivity contribution is 0.0904. The fourth-order valence-corrected chi connectivity index (χ4v) is 3.29. The average molecular weight is 359 g/mol. The van der Waals surface area contributed by atoms with E-state index in [0.29, 0.717) is 24.7 Å². The van der Waals surface area contributed by atoms with E-state index in [2.05, 4.69) is 20.3 Å². The molecule has 1 saturated heterocycles. The minimum absolute atomic E-state index is 0.0844. The molecule has 0 radical (unpaired) electrons. The van der Waals surface area contributed by atoms with Crippen LogP contribution in [0.2, 0.25) is 0 Å². The minimum Gasteiger partial charge on any atom is -0.448 e. The Balaban J connectivity index is 1.56. The fourth-order valence-electron chi connectivity index (χ4n) is 3.29. The predicted octanol–water partition coefficient (Wildman–Crippen LogP) is 1.13. The summed E-state index contributed by atoms with van der Waals surface area (Å²) < 4.78 is 6.60. The van der Waals surface area contributed by atoms with Crippen LogP contribution in [0, 0.1) is 13.8 Å². The van der Waals surface area contributed by atoms with Crippen molar-refractivity contribution in [1.82, 2.24) is 25.0 Å². The first-order chi connectivity index (χ1) is 12.5. The summed E-state index contributed by atoms with van der Waals surface area (Å²) in [5.74, 6) is 0.259. The maximum atomic E-state index is 12.2. The Morgan fingerprint density at radius 1 is 1.31 bits per heavy atom. The third-order valence-electron chi connectivity index (χ3n) is 4.70. The first kappa shape index (κ1) is 18.3. The van der Waals surface area contributed by atoms with Gasteiger partial charge in [0.1, 0.15) is 6.26 Å². The van der Waals surface area contributed by atoms with Crippen molar-refractivity contribution >= 4 is 5.91 Å².